The number of aromatic amines is 1. The Balaban J connectivity index is 0.000000516. The Morgan fingerprint density at radius 2 is 1.79 bits per heavy atom. The maximum atomic E-state index is 12.4. The van der Waals surface area contributed by atoms with E-state index in [9.17, 15) is 4.79 Å². The van der Waals surface area contributed by atoms with Gasteiger partial charge in [0.2, 0.25) is 0 Å². The second kappa shape index (κ2) is 9.55. The van der Waals surface area contributed by atoms with Gasteiger partial charge in [-0.05, 0) is 29.8 Å². The van der Waals surface area contributed by atoms with Crippen LogP contribution in [0.5, 0.6) is 5.75 Å². The van der Waals surface area contributed by atoms with E-state index < -0.39 is 0 Å². The van der Waals surface area contributed by atoms with Crippen molar-refractivity contribution in [3.8, 4) is 11.4 Å². The standard InChI is InChI=1S/C19H15N3O2.C4H10/c23-19-11-17(24-13-14-4-2-1-3-5-14)8-9-22(19)16-6-7-18-15(10-16)12-20-21-18;1-3-4-2/h1-12H,13H2,(H,20,21);3-4H2,1-2H3. The van der Waals surface area contributed by atoms with Gasteiger partial charge < -0.3 is 4.74 Å². The van der Waals surface area contributed by atoms with Crippen LogP contribution in [0.1, 0.15) is 32.3 Å². The Hall–Kier alpha value is -3.34. The number of hydrogen-bond donors (Lipinski definition) is 1. The summed E-state index contributed by atoms with van der Waals surface area (Å²) in [5.74, 6) is 0.560. The molecule has 0 unspecified atom stereocenters. The van der Waals surface area contributed by atoms with E-state index in [1.807, 2.05) is 48.5 Å². The van der Waals surface area contributed by atoms with Crippen molar-refractivity contribution in [2.24, 2.45) is 0 Å². The van der Waals surface area contributed by atoms with Crippen molar-refractivity contribution in [2.45, 2.75) is 33.3 Å². The maximum absolute atomic E-state index is 12.4. The summed E-state index contributed by atoms with van der Waals surface area (Å²) in [5.41, 5.74) is 2.66. The number of nitrogens with one attached hydrogen (secondary N) is 1. The first-order chi connectivity index (χ1) is 13.7. The fourth-order valence-corrected chi connectivity index (χ4v) is 2.58. The molecule has 144 valence electrons. The molecule has 28 heavy (non-hydrogen) atoms. The SMILES string of the molecule is CCCC.O=c1cc(OCc2ccccc2)ccn1-c1ccc2[nH]ncc2c1. The second-order valence-corrected chi connectivity index (χ2v) is 6.49. The van der Waals surface area contributed by atoms with Gasteiger partial charge in [0, 0.05) is 23.3 Å². The molecule has 0 spiro atoms. The molecule has 2 aromatic carbocycles. The third-order valence-electron chi connectivity index (χ3n) is 4.34. The lowest BCUT2D eigenvalue weighted by molar-refractivity contribution is 0.305. The fraction of sp³-hybridized carbons (Fsp3) is 0.217. The van der Waals surface area contributed by atoms with Crippen LogP contribution in [0.4, 0.5) is 0 Å². The number of H-pyrrole nitrogens is 1. The Labute approximate surface area is 164 Å². The summed E-state index contributed by atoms with van der Waals surface area (Å²) in [5, 5.41) is 7.85. The third kappa shape index (κ3) is 4.88. The molecule has 2 aromatic heterocycles. The van der Waals surface area contributed by atoms with E-state index in [1.54, 1.807) is 23.0 Å². The molecule has 5 nitrogen and oxygen atoms in total. The van der Waals surface area contributed by atoms with E-state index in [4.69, 9.17) is 4.74 Å². The highest BCUT2D eigenvalue weighted by atomic mass is 16.5. The summed E-state index contributed by atoms with van der Waals surface area (Å²) in [6.45, 7) is 4.80. The average Bonchev–Trinajstić information content (AvgIpc) is 3.21. The lowest BCUT2D eigenvalue weighted by Gasteiger charge is -2.09. The molecule has 0 fully saturated rings. The Bertz CT molecular complexity index is 1070. The highest BCUT2D eigenvalue weighted by Gasteiger charge is 2.04. The van der Waals surface area contributed by atoms with Gasteiger partial charge in [0.1, 0.15) is 12.4 Å². The average molecular weight is 375 g/mol. The summed E-state index contributed by atoms with van der Waals surface area (Å²) in [4.78, 5) is 12.4. The van der Waals surface area contributed by atoms with Gasteiger partial charge in [0.25, 0.3) is 5.56 Å². The zero-order valence-corrected chi connectivity index (χ0v) is 16.3. The molecule has 4 aromatic rings. The molecule has 0 bridgehead atoms. The summed E-state index contributed by atoms with van der Waals surface area (Å²) in [6, 6.07) is 18.9. The first kappa shape index (κ1) is 19.4. The number of fused-ring (bicyclic) bond motifs is 1. The van der Waals surface area contributed by atoms with Crippen LogP contribution in [0, 0.1) is 0 Å². The van der Waals surface area contributed by atoms with Crippen molar-refractivity contribution in [1.82, 2.24) is 14.8 Å². The summed E-state index contributed by atoms with van der Waals surface area (Å²) >= 11 is 0. The molecule has 0 saturated carbocycles. The van der Waals surface area contributed by atoms with Crippen molar-refractivity contribution in [1.29, 1.82) is 0 Å². The molecular formula is C23H25N3O2. The fourth-order valence-electron chi connectivity index (χ4n) is 2.58. The van der Waals surface area contributed by atoms with E-state index >= 15 is 0 Å². The number of ether oxygens (including phenoxy) is 1. The molecule has 0 amide bonds. The number of hydrogen-bond acceptors (Lipinski definition) is 3. The molecule has 0 aliphatic rings. The van der Waals surface area contributed by atoms with Gasteiger partial charge in [-0.25, -0.2) is 0 Å². The minimum atomic E-state index is -0.136. The van der Waals surface area contributed by atoms with Crippen molar-refractivity contribution in [2.75, 3.05) is 0 Å². The van der Waals surface area contributed by atoms with Crippen LogP contribution in [-0.4, -0.2) is 14.8 Å². The topological polar surface area (TPSA) is 59.9 Å². The van der Waals surface area contributed by atoms with Crippen LogP contribution in [0.25, 0.3) is 16.6 Å². The molecule has 0 radical (unpaired) electrons. The van der Waals surface area contributed by atoms with Crippen molar-refractivity contribution in [3.63, 3.8) is 0 Å². The molecule has 2 heterocycles. The molecule has 0 aliphatic heterocycles. The van der Waals surface area contributed by atoms with Gasteiger partial charge in [0.15, 0.2) is 0 Å². The highest BCUT2D eigenvalue weighted by molar-refractivity contribution is 5.80. The van der Waals surface area contributed by atoms with Crippen molar-refractivity contribution >= 4 is 10.9 Å². The molecular weight excluding hydrogens is 350 g/mol. The molecule has 5 heteroatoms. The van der Waals surface area contributed by atoms with Crippen LogP contribution in [0.2, 0.25) is 0 Å². The van der Waals surface area contributed by atoms with Crippen molar-refractivity contribution in [3.05, 3.63) is 89.0 Å². The van der Waals surface area contributed by atoms with Crippen LogP contribution < -0.4 is 10.3 Å². The van der Waals surface area contributed by atoms with Gasteiger partial charge in [0.05, 0.1) is 11.7 Å². The molecule has 0 atom stereocenters. The van der Waals surface area contributed by atoms with Crippen LogP contribution in [0.3, 0.4) is 0 Å². The van der Waals surface area contributed by atoms with Gasteiger partial charge in [-0.1, -0.05) is 57.0 Å². The van der Waals surface area contributed by atoms with E-state index in [2.05, 4.69) is 24.0 Å². The first-order valence-corrected chi connectivity index (χ1v) is 9.54. The predicted octanol–water partition coefficient (Wildman–Crippen LogP) is 5.10. The third-order valence-corrected chi connectivity index (χ3v) is 4.34. The van der Waals surface area contributed by atoms with E-state index in [0.29, 0.717) is 12.4 Å². The zero-order valence-electron chi connectivity index (χ0n) is 16.3. The van der Waals surface area contributed by atoms with Crippen LogP contribution in [0.15, 0.2) is 77.9 Å². The number of nitrogens with zero attached hydrogens (tertiary/aromatic N) is 2. The molecule has 1 N–H and O–H groups in total. The van der Waals surface area contributed by atoms with E-state index in [-0.39, 0.29) is 5.56 Å². The maximum Gasteiger partial charge on any atom is 0.258 e. The quantitative estimate of drug-likeness (QED) is 0.528. The predicted molar refractivity (Wildman–Crippen MR) is 113 cm³/mol. The van der Waals surface area contributed by atoms with Crippen LogP contribution in [-0.2, 0) is 6.61 Å². The number of pyridine rings is 1. The van der Waals surface area contributed by atoms with Crippen LogP contribution >= 0.6 is 0 Å². The Morgan fingerprint density at radius 3 is 2.50 bits per heavy atom. The largest absolute Gasteiger partial charge is 0.489 e. The lowest BCUT2D eigenvalue weighted by atomic mass is 10.2. The van der Waals surface area contributed by atoms with Gasteiger partial charge in [-0.3, -0.25) is 14.5 Å². The number of benzene rings is 2. The minimum absolute atomic E-state index is 0.136. The molecule has 4 rings (SSSR count). The second-order valence-electron chi connectivity index (χ2n) is 6.49. The summed E-state index contributed by atoms with van der Waals surface area (Å²) < 4.78 is 7.28. The monoisotopic (exact) mass is 375 g/mol. The van der Waals surface area contributed by atoms with E-state index in [1.165, 1.54) is 18.9 Å². The van der Waals surface area contributed by atoms with Gasteiger partial charge in [-0.2, -0.15) is 5.10 Å². The summed E-state index contributed by atoms with van der Waals surface area (Å²) in [7, 11) is 0. The number of rotatable bonds is 5. The number of unbranched alkanes of at least 4 members (excludes halogenated alkanes) is 1. The van der Waals surface area contributed by atoms with Gasteiger partial charge in [-0.15, -0.1) is 0 Å². The van der Waals surface area contributed by atoms with Crippen molar-refractivity contribution < 1.29 is 4.74 Å². The molecule has 0 aliphatic carbocycles. The zero-order chi connectivity index (χ0) is 19.8. The van der Waals surface area contributed by atoms with Gasteiger partial charge >= 0.3 is 0 Å². The Morgan fingerprint density at radius 1 is 1.00 bits per heavy atom. The first-order valence-electron chi connectivity index (χ1n) is 9.54. The normalized spacial score (nSPS) is 10.4. The Kier molecular flexibility index (Phi) is 6.63. The van der Waals surface area contributed by atoms with E-state index in [0.717, 1.165) is 22.2 Å². The smallest absolute Gasteiger partial charge is 0.258 e. The highest BCUT2D eigenvalue weighted by Crippen LogP contribution is 2.16. The number of aromatic nitrogens is 3. The minimum Gasteiger partial charge on any atom is -0.489 e. The summed E-state index contributed by atoms with van der Waals surface area (Å²) in [6.07, 6.45) is 6.10. The molecule has 0 saturated heterocycles. The lowest BCUT2D eigenvalue weighted by Crippen LogP contribution is -2.16.